The Morgan fingerprint density at radius 3 is 2.00 bits per heavy atom. The maximum absolute atomic E-state index is 12.3. The Kier molecular flexibility index (Phi) is 5.90. The summed E-state index contributed by atoms with van der Waals surface area (Å²) in [5.41, 5.74) is 0.613. The molecule has 0 heterocycles. The molecular formula is C14H18F3NO4. The van der Waals surface area contributed by atoms with Crippen LogP contribution in [0.3, 0.4) is 0 Å². The highest BCUT2D eigenvalue weighted by atomic mass is 19.4. The summed E-state index contributed by atoms with van der Waals surface area (Å²) in [4.78, 5) is 11.7. The van der Waals surface area contributed by atoms with Gasteiger partial charge in [-0.1, -0.05) is 0 Å². The fourth-order valence-corrected chi connectivity index (χ4v) is 1.89. The predicted molar refractivity (Wildman–Crippen MR) is 73.5 cm³/mol. The van der Waals surface area contributed by atoms with Gasteiger partial charge in [-0.15, -0.1) is 0 Å². The van der Waals surface area contributed by atoms with Crippen molar-refractivity contribution >= 4 is 5.91 Å². The monoisotopic (exact) mass is 321 g/mol. The second-order valence-corrected chi connectivity index (χ2v) is 4.49. The number of methoxy groups -OCH3 is 3. The van der Waals surface area contributed by atoms with E-state index in [0.29, 0.717) is 27.7 Å². The van der Waals surface area contributed by atoms with Gasteiger partial charge in [0.25, 0.3) is 0 Å². The number of likely N-dealkylation sites (N-methyl/N-ethyl adjacent to an activating group) is 1. The van der Waals surface area contributed by atoms with E-state index < -0.39 is 12.1 Å². The van der Waals surface area contributed by atoms with E-state index in [4.69, 9.17) is 14.2 Å². The smallest absolute Gasteiger partial charge is 0.471 e. The van der Waals surface area contributed by atoms with Crippen LogP contribution in [0.2, 0.25) is 0 Å². The fraction of sp³-hybridized carbons (Fsp3) is 0.500. The maximum atomic E-state index is 12.3. The number of hydrogen-bond acceptors (Lipinski definition) is 4. The molecule has 0 saturated heterocycles. The first-order valence-corrected chi connectivity index (χ1v) is 6.35. The molecule has 0 radical (unpaired) electrons. The molecular weight excluding hydrogens is 303 g/mol. The second kappa shape index (κ2) is 7.24. The Morgan fingerprint density at radius 1 is 1.05 bits per heavy atom. The van der Waals surface area contributed by atoms with Crippen molar-refractivity contribution in [3.63, 3.8) is 0 Å². The minimum Gasteiger partial charge on any atom is -0.496 e. The SMILES string of the molecule is COc1cc(OC)c(OC)cc1CCN(C)C(=O)C(F)(F)F. The van der Waals surface area contributed by atoms with Crippen LogP contribution in [0.25, 0.3) is 0 Å². The van der Waals surface area contributed by atoms with Crippen molar-refractivity contribution in [1.29, 1.82) is 0 Å². The molecule has 1 aromatic rings. The van der Waals surface area contributed by atoms with E-state index in [-0.39, 0.29) is 13.0 Å². The van der Waals surface area contributed by atoms with Crippen LogP contribution in [0, 0.1) is 0 Å². The summed E-state index contributed by atoms with van der Waals surface area (Å²) in [6.45, 7) is -0.107. The minimum absolute atomic E-state index is 0.107. The van der Waals surface area contributed by atoms with Gasteiger partial charge in [-0.2, -0.15) is 13.2 Å². The van der Waals surface area contributed by atoms with Crippen LogP contribution in [0.4, 0.5) is 13.2 Å². The molecule has 22 heavy (non-hydrogen) atoms. The largest absolute Gasteiger partial charge is 0.496 e. The van der Waals surface area contributed by atoms with E-state index in [1.807, 2.05) is 0 Å². The molecule has 5 nitrogen and oxygen atoms in total. The third-order valence-corrected chi connectivity index (χ3v) is 3.09. The average molecular weight is 321 g/mol. The fourth-order valence-electron chi connectivity index (χ4n) is 1.89. The van der Waals surface area contributed by atoms with Crippen molar-refractivity contribution < 1.29 is 32.2 Å². The van der Waals surface area contributed by atoms with Crippen molar-refractivity contribution in [3.05, 3.63) is 17.7 Å². The molecule has 0 atom stereocenters. The van der Waals surface area contributed by atoms with Crippen LogP contribution >= 0.6 is 0 Å². The van der Waals surface area contributed by atoms with Gasteiger partial charge < -0.3 is 19.1 Å². The Morgan fingerprint density at radius 2 is 1.55 bits per heavy atom. The Bertz CT molecular complexity index is 532. The van der Waals surface area contributed by atoms with E-state index in [0.717, 1.165) is 7.05 Å². The number of carbonyl (C=O) groups excluding carboxylic acids is 1. The van der Waals surface area contributed by atoms with Crippen LogP contribution in [-0.4, -0.2) is 51.9 Å². The van der Waals surface area contributed by atoms with Gasteiger partial charge in [0, 0.05) is 19.7 Å². The summed E-state index contributed by atoms with van der Waals surface area (Å²) in [6.07, 6.45) is -4.70. The van der Waals surface area contributed by atoms with Crippen LogP contribution in [-0.2, 0) is 11.2 Å². The molecule has 124 valence electrons. The van der Waals surface area contributed by atoms with Crippen LogP contribution in [0.15, 0.2) is 12.1 Å². The first kappa shape index (κ1) is 17.9. The molecule has 0 aliphatic rings. The van der Waals surface area contributed by atoms with Gasteiger partial charge in [-0.3, -0.25) is 4.79 Å². The van der Waals surface area contributed by atoms with Gasteiger partial charge >= 0.3 is 12.1 Å². The molecule has 8 heteroatoms. The van der Waals surface area contributed by atoms with E-state index >= 15 is 0 Å². The van der Waals surface area contributed by atoms with Gasteiger partial charge in [0.2, 0.25) is 0 Å². The summed E-state index contributed by atoms with van der Waals surface area (Å²) in [6, 6.07) is 3.20. The lowest BCUT2D eigenvalue weighted by atomic mass is 10.1. The lowest BCUT2D eigenvalue weighted by Crippen LogP contribution is -2.39. The normalized spacial score (nSPS) is 11.0. The number of carbonyl (C=O) groups is 1. The maximum Gasteiger partial charge on any atom is 0.471 e. The van der Waals surface area contributed by atoms with Crippen molar-refractivity contribution in [3.8, 4) is 17.2 Å². The van der Waals surface area contributed by atoms with Crippen LogP contribution in [0.1, 0.15) is 5.56 Å². The zero-order chi connectivity index (χ0) is 16.9. The molecule has 0 saturated carbocycles. The number of benzene rings is 1. The van der Waals surface area contributed by atoms with Gasteiger partial charge in [-0.25, -0.2) is 0 Å². The summed E-state index contributed by atoms with van der Waals surface area (Å²) in [5, 5.41) is 0. The van der Waals surface area contributed by atoms with Crippen molar-refractivity contribution in [2.75, 3.05) is 34.9 Å². The Balaban J connectivity index is 2.91. The van der Waals surface area contributed by atoms with Crippen LogP contribution in [0.5, 0.6) is 17.2 Å². The number of rotatable bonds is 6. The van der Waals surface area contributed by atoms with Crippen molar-refractivity contribution in [1.82, 2.24) is 4.90 Å². The van der Waals surface area contributed by atoms with E-state index in [9.17, 15) is 18.0 Å². The molecule has 0 unspecified atom stereocenters. The average Bonchev–Trinajstić information content (AvgIpc) is 2.49. The van der Waals surface area contributed by atoms with Crippen LogP contribution < -0.4 is 14.2 Å². The molecule has 0 aliphatic carbocycles. The lowest BCUT2D eigenvalue weighted by Gasteiger charge is -2.20. The molecule has 0 fully saturated rings. The molecule has 1 rings (SSSR count). The number of halogens is 3. The number of alkyl halides is 3. The van der Waals surface area contributed by atoms with Crippen molar-refractivity contribution in [2.45, 2.75) is 12.6 Å². The van der Waals surface area contributed by atoms with Gasteiger partial charge in [0.05, 0.1) is 21.3 Å². The highest BCUT2D eigenvalue weighted by Gasteiger charge is 2.41. The number of hydrogen-bond donors (Lipinski definition) is 0. The van der Waals surface area contributed by atoms with Gasteiger partial charge in [0.15, 0.2) is 11.5 Å². The molecule has 0 spiro atoms. The quantitative estimate of drug-likeness (QED) is 0.806. The summed E-state index contributed by atoms with van der Waals surface area (Å²) in [5.74, 6) is -0.552. The third kappa shape index (κ3) is 4.19. The van der Waals surface area contributed by atoms with E-state index in [2.05, 4.69) is 0 Å². The summed E-state index contributed by atoms with van der Waals surface area (Å²) < 4.78 is 52.5. The summed E-state index contributed by atoms with van der Waals surface area (Å²) in [7, 11) is 5.46. The molecule has 0 bridgehead atoms. The highest BCUT2D eigenvalue weighted by molar-refractivity contribution is 5.81. The summed E-state index contributed by atoms with van der Waals surface area (Å²) >= 11 is 0. The molecule has 1 amide bonds. The van der Waals surface area contributed by atoms with Gasteiger partial charge in [-0.05, 0) is 18.1 Å². The highest BCUT2D eigenvalue weighted by Crippen LogP contribution is 2.34. The number of ether oxygens (including phenoxy) is 3. The second-order valence-electron chi connectivity index (χ2n) is 4.49. The van der Waals surface area contributed by atoms with Gasteiger partial charge in [0.1, 0.15) is 5.75 Å². The first-order chi connectivity index (χ1) is 10.2. The molecule has 1 aromatic carbocycles. The van der Waals surface area contributed by atoms with E-state index in [1.165, 1.54) is 21.3 Å². The first-order valence-electron chi connectivity index (χ1n) is 6.35. The molecule has 0 N–H and O–H groups in total. The molecule has 0 aromatic heterocycles. The topological polar surface area (TPSA) is 48.0 Å². The van der Waals surface area contributed by atoms with E-state index in [1.54, 1.807) is 12.1 Å². The number of amides is 1. The third-order valence-electron chi connectivity index (χ3n) is 3.09. The predicted octanol–water partition coefficient (Wildman–Crippen LogP) is 2.28. The minimum atomic E-state index is -4.88. The van der Waals surface area contributed by atoms with Crippen molar-refractivity contribution in [2.24, 2.45) is 0 Å². The zero-order valence-corrected chi connectivity index (χ0v) is 12.8. The number of nitrogens with zero attached hydrogens (tertiary/aromatic N) is 1. The zero-order valence-electron chi connectivity index (χ0n) is 12.8. The Labute approximate surface area is 126 Å². The standard InChI is InChI=1S/C14H18F3NO4/c1-18(13(19)14(15,16)17)6-5-9-7-11(21-3)12(22-4)8-10(9)20-2/h7-8H,5-6H2,1-4H3. The molecule has 0 aliphatic heterocycles. The Hall–Kier alpha value is -2.12. The lowest BCUT2D eigenvalue weighted by molar-refractivity contribution is -0.184.